The molecule has 0 saturated heterocycles. The van der Waals surface area contributed by atoms with Crippen LogP contribution in [-0.4, -0.2) is 0 Å². The average molecular weight is 620 g/mol. The molecular weight excluding hydrogens is 591 g/mol. The van der Waals surface area contributed by atoms with Gasteiger partial charge in [0, 0.05) is 27.0 Å². The van der Waals surface area contributed by atoms with E-state index in [2.05, 4.69) is 151 Å². The smallest absolute Gasteiger partial charge is 0.136 e. The molecule has 0 saturated carbocycles. The number of thiophene rings is 1. The van der Waals surface area contributed by atoms with Crippen LogP contribution in [0.4, 0.5) is 17.1 Å². The molecule has 1 aliphatic carbocycles. The number of fused-ring (bicyclic) bond motifs is 9. The summed E-state index contributed by atoms with van der Waals surface area (Å²) < 4.78 is 7.55. The first-order valence-electron chi connectivity index (χ1n) is 16.2. The van der Waals surface area contributed by atoms with Crippen molar-refractivity contribution in [2.24, 2.45) is 0 Å². The minimum absolute atomic E-state index is 0.926. The van der Waals surface area contributed by atoms with Crippen LogP contribution in [0.1, 0.15) is 16.9 Å². The molecule has 0 amide bonds. The summed E-state index contributed by atoms with van der Waals surface area (Å²) in [4.78, 5) is 3.83. The van der Waals surface area contributed by atoms with Crippen molar-refractivity contribution < 1.29 is 4.42 Å². The Morgan fingerprint density at radius 1 is 0.553 bits per heavy atom. The van der Waals surface area contributed by atoms with Crippen molar-refractivity contribution in [2.75, 3.05) is 4.90 Å². The molecule has 0 fully saturated rings. The average Bonchev–Trinajstić information content (AvgIpc) is 3.71. The van der Waals surface area contributed by atoms with Gasteiger partial charge in [-0.05, 0) is 111 Å². The van der Waals surface area contributed by atoms with Crippen LogP contribution in [0.5, 0.6) is 0 Å². The fourth-order valence-corrected chi connectivity index (χ4v) is 8.72. The molecule has 0 atom stereocenters. The van der Waals surface area contributed by atoms with Gasteiger partial charge in [-0.15, -0.1) is 11.3 Å². The molecule has 222 valence electrons. The second-order valence-corrected chi connectivity index (χ2v) is 13.5. The summed E-state index contributed by atoms with van der Waals surface area (Å²) in [5.41, 5.74) is 9.25. The number of nitrogens with zero attached hydrogens (tertiary/aromatic N) is 1. The third-order valence-corrected chi connectivity index (χ3v) is 10.9. The first-order valence-corrected chi connectivity index (χ1v) is 17.0. The van der Waals surface area contributed by atoms with Gasteiger partial charge in [0.1, 0.15) is 11.2 Å². The van der Waals surface area contributed by atoms with E-state index >= 15 is 0 Å². The minimum atomic E-state index is 0.926. The Balaban J connectivity index is 1.16. The molecule has 10 rings (SSSR count). The minimum Gasteiger partial charge on any atom is -0.456 e. The summed E-state index contributed by atoms with van der Waals surface area (Å²) >= 11 is 1.91. The lowest BCUT2D eigenvalue weighted by Crippen LogP contribution is -2.10. The van der Waals surface area contributed by atoms with E-state index in [4.69, 9.17) is 4.42 Å². The van der Waals surface area contributed by atoms with Crippen LogP contribution in [0.25, 0.3) is 70.8 Å². The Kier molecular flexibility index (Phi) is 5.91. The number of anilines is 3. The van der Waals surface area contributed by atoms with E-state index in [1.54, 1.807) is 0 Å². The fourth-order valence-electron chi connectivity index (χ4n) is 7.44. The molecule has 0 N–H and O–H groups in total. The Bertz CT molecular complexity index is 2690. The lowest BCUT2D eigenvalue weighted by Gasteiger charge is -2.27. The zero-order chi connectivity index (χ0) is 30.9. The maximum Gasteiger partial charge on any atom is 0.136 e. The van der Waals surface area contributed by atoms with Gasteiger partial charge in [0.2, 0.25) is 0 Å². The maximum absolute atomic E-state index is 6.22. The second-order valence-electron chi connectivity index (χ2n) is 12.4. The molecule has 0 spiro atoms. The standard InChI is InChI=1S/C44H29NOS/c1-2-9-30-26-31(17-16-28(30)8-1)29-18-21-33(22-19-29)45(39-13-7-12-37-36-10-4-6-15-42(36)47-44(37)39)34-23-24-35-32(27-34)20-25-41-43(35)38-11-3-5-14-40(38)46-41/h1-3,5-9,11-27H,4,10H2. The molecule has 0 aliphatic heterocycles. The molecule has 3 heteroatoms. The van der Waals surface area contributed by atoms with Crippen molar-refractivity contribution in [3.63, 3.8) is 0 Å². The van der Waals surface area contributed by atoms with Crippen molar-refractivity contribution in [1.29, 1.82) is 0 Å². The van der Waals surface area contributed by atoms with Gasteiger partial charge in [-0.1, -0.05) is 97.1 Å². The number of furan rings is 1. The third-order valence-electron chi connectivity index (χ3n) is 9.71. The molecular formula is C44H29NOS. The number of rotatable bonds is 4. The lowest BCUT2D eigenvalue weighted by atomic mass is 9.99. The van der Waals surface area contributed by atoms with Gasteiger partial charge in [-0.2, -0.15) is 0 Å². The zero-order valence-corrected chi connectivity index (χ0v) is 26.4. The Labute approximate surface area is 276 Å². The molecule has 2 nitrogen and oxygen atoms in total. The summed E-state index contributed by atoms with van der Waals surface area (Å²) in [7, 11) is 0. The van der Waals surface area contributed by atoms with E-state index in [9.17, 15) is 0 Å². The van der Waals surface area contributed by atoms with Crippen molar-refractivity contribution in [3.8, 4) is 11.1 Å². The molecule has 2 aromatic heterocycles. The predicted molar refractivity (Wildman–Crippen MR) is 202 cm³/mol. The SMILES string of the molecule is C1=Cc2sc3c(N(c4ccc(-c5ccc6ccccc6c5)cc4)c4ccc5c(ccc6oc7ccccc7c65)c4)cccc3c2CC1. The lowest BCUT2D eigenvalue weighted by molar-refractivity contribution is 0.669. The first kappa shape index (κ1) is 26.6. The van der Waals surface area contributed by atoms with Crippen molar-refractivity contribution in [1.82, 2.24) is 0 Å². The number of allylic oxidation sites excluding steroid dienone is 1. The largest absolute Gasteiger partial charge is 0.456 e. The number of hydrogen-bond acceptors (Lipinski definition) is 3. The summed E-state index contributed by atoms with van der Waals surface area (Å²) in [5, 5.41) is 8.63. The van der Waals surface area contributed by atoms with E-state index < -0.39 is 0 Å². The molecule has 1 aliphatic rings. The Morgan fingerprint density at radius 3 is 2.28 bits per heavy atom. The fraction of sp³-hybridized carbons (Fsp3) is 0.0455. The van der Waals surface area contributed by atoms with Gasteiger partial charge >= 0.3 is 0 Å². The van der Waals surface area contributed by atoms with Gasteiger partial charge in [0.05, 0.1) is 10.4 Å². The van der Waals surface area contributed by atoms with Gasteiger partial charge in [-0.3, -0.25) is 0 Å². The van der Waals surface area contributed by atoms with Crippen LogP contribution in [0.3, 0.4) is 0 Å². The number of aryl methyl sites for hydroxylation is 1. The topological polar surface area (TPSA) is 16.4 Å². The molecule has 47 heavy (non-hydrogen) atoms. The van der Waals surface area contributed by atoms with Crippen LogP contribution in [0.15, 0.2) is 150 Å². The van der Waals surface area contributed by atoms with Gasteiger partial charge in [0.15, 0.2) is 0 Å². The molecule has 0 unspecified atom stereocenters. The third kappa shape index (κ3) is 4.24. The normalized spacial score (nSPS) is 12.9. The van der Waals surface area contributed by atoms with Crippen LogP contribution in [-0.2, 0) is 6.42 Å². The van der Waals surface area contributed by atoms with Crippen molar-refractivity contribution in [3.05, 3.63) is 156 Å². The molecule has 7 aromatic carbocycles. The molecule has 0 radical (unpaired) electrons. The van der Waals surface area contributed by atoms with E-state index in [1.165, 1.54) is 64.3 Å². The van der Waals surface area contributed by atoms with Gasteiger partial charge in [0.25, 0.3) is 0 Å². The highest BCUT2D eigenvalue weighted by Gasteiger charge is 2.21. The van der Waals surface area contributed by atoms with Crippen LogP contribution in [0, 0.1) is 0 Å². The summed E-state index contributed by atoms with van der Waals surface area (Å²) in [6.45, 7) is 0. The Morgan fingerprint density at radius 2 is 1.34 bits per heavy atom. The molecule has 0 bridgehead atoms. The highest BCUT2D eigenvalue weighted by Crippen LogP contribution is 2.46. The van der Waals surface area contributed by atoms with Gasteiger partial charge in [-0.25, -0.2) is 0 Å². The van der Waals surface area contributed by atoms with E-state index in [0.717, 1.165) is 40.8 Å². The summed E-state index contributed by atoms with van der Waals surface area (Å²) in [5.74, 6) is 0. The quantitative estimate of drug-likeness (QED) is 0.195. The highest BCUT2D eigenvalue weighted by atomic mass is 32.1. The number of para-hydroxylation sites is 1. The summed E-state index contributed by atoms with van der Waals surface area (Å²) in [6.07, 6.45) is 6.82. The van der Waals surface area contributed by atoms with E-state index in [1.807, 2.05) is 17.4 Å². The highest BCUT2D eigenvalue weighted by molar-refractivity contribution is 7.20. The zero-order valence-electron chi connectivity index (χ0n) is 25.6. The first-order chi connectivity index (χ1) is 23.3. The maximum atomic E-state index is 6.22. The van der Waals surface area contributed by atoms with Crippen LogP contribution in [0.2, 0.25) is 0 Å². The van der Waals surface area contributed by atoms with Gasteiger partial charge < -0.3 is 9.32 Å². The summed E-state index contributed by atoms with van der Waals surface area (Å²) in [6, 6.07) is 50.7. The monoisotopic (exact) mass is 619 g/mol. The van der Waals surface area contributed by atoms with Crippen molar-refractivity contribution >= 4 is 88.0 Å². The Hall–Kier alpha value is -5.64. The van der Waals surface area contributed by atoms with E-state index in [0.29, 0.717) is 0 Å². The van der Waals surface area contributed by atoms with E-state index in [-0.39, 0.29) is 0 Å². The number of hydrogen-bond donors (Lipinski definition) is 0. The second kappa shape index (κ2) is 10.4. The van der Waals surface area contributed by atoms with Crippen molar-refractivity contribution in [2.45, 2.75) is 12.8 Å². The van der Waals surface area contributed by atoms with Crippen LogP contribution >= 0.6 is 11.3 Å². The van der Waals surface area contributed by atoms with Crippen LogP contribution < -0.4 is 4.90 Å². The molecule has 9 aromatic rings. The predicted octanol–water partition coefficient (Wildman–Crippen LogP) is 13.2. The molecule has 2 heterocycles. The number of benzene rings is 7.